The van der Waals surface area contributed by atoms with Gasteiger partial charge in [-0.3, -0.25) is 28.8 Å². The van der Waals surface area contributed by atoms with Gasteiger partial charge >= 0.3 is 6.15 Å². The van der Waals surface area contributed by atoms with Gasteiger partial charge in [0.2, 0.25) is 35.4 Å². The molecule has 41 heavy (non-hydrogen) atoms. The molecule has 14 heteroatoms. The Balaban J connectivity index is 0.00000187. The van der Waals surface area contributed by atoms with E-state index in [1.807, 2.05) is 13.8 Å². The Hall–Kier alpha value is -3.80. The van der Waals surface area contributed by atoms with E-state index in [2.05, 4.69) is 26.6 Å². The topological polar surface area (TPSA) is 223 Å². The number of amides is 6. The van der Waals surface area contributed by atoms with E-state index >= 15 is 0 Å². The lowest BCUT2D eigenvalue weighted by Crippen LogP contribution is -2.67. The fraction of sp³-hybridized carbons (Fsp3) is 0.741. The molecule has 0 aromatic carbocycles. The van der Waals surface area contributed by atoms with Crippen LogP contribution in [0.2, 0.25) is 0 Å². The first kappa shape index (κ1) is 33.4. The minimum absolute atomic E-state index is 0.120. The zero-order chi connectivity index (χ0) is 31.0. The summed E-state index contributed by atoms with van der Waals surface area (Å²) < 4.78 is 0. The van der Waals surface area contributed by atoms with Crippen LogP contribution in [-0.4, -0.2) is 72.3 Å². The number of carbonyl (C=O) groups is 6. The van der Waals surface area contributed by atoms with Crippen molar-refractivity contribution in [2.24, 2.45) is 28.9 Å². The van der Waals surface area contributed by atoms with E-state index in [-0.39, 0.29) is 42.9 Å². The maximum Gasteiger partial charge on any atom is 0.373 e. The molecule has 4 rings (SSSR count). The van der Waals surface area contributed by atoms with Crippen molar-refractivity contribution in [2.45, 2.75) is 90.3 Å². The third-order valence-electron chi connectivity index (χ3n) is 8.01. The molecule has 4 saturated carbocycles. The number of hydrogen-bond donors (Lipinski definition) is 6. The Morgan fingerprint density at radius 2 is 1.41 bits per heavy atom. The largest absolute Gasteiger partial charge is 0.373 e. The molecule has 0 saturated heterocycles. The van der Waals surface area contributed by atoms with E-state index in [4.69, 9.17) is 15.3 Å². The van der Waals surface area contributed by atoms with Crippen LogP contribution in [0, 0.1) is 23.2 Å². The highest BCUT2D eigenvalue weighted by atomic mass is 16.2. The van der Waals surface area contributed by atoms with Crippen LogP contribution in [0.4, 0.5) is 0 Å². The van der Waals surface area contributed by atoms with Gasteiger partial charge in [0.25, 0.3) is 0 Å². The van der Waals surface area contributed by atoms with Crippen molar-refractivity contribution in [3.8, 4) is 0 Å². The normalized spacial score (nSPS) is 26.8. The number of carbonyl (C=O) groups excluding carboxylic acids is 8. The summed E-state index contributed by atoms with van der Waals surface area (Å²) in [4.78, 5) is 89.7. The molecule has 14 nitrogen and oxygen atoms in total. The van der Waals surface area contributed by atoms with Crippen molar-refractivity contribution >= 4 is 41.6 Å². The summed E-state index contributed by atoms with van der Waals surface area (Å²) in [6.07, 6.45) is 5.46. The van der Waals surface area contributed by atoms with Crippen molar-refractivity contribution in [2.75, 3.05) is 13.1 Å². The fourth-order valence-corrected chi connectivity index (χ4v) is 6.93. The first-order valence-electron chi connectivity index (χ1n) is 13.9. The molecule has 6 amide bonds. The fourth-order valence-electron chi connectivity index (χ4n) is 6.93. The monoisotopic (exact) mass is 578 g/mol. The van der Waals surface area contributed by atoms with Gasteiger partial charge in [0.05, 0.1) is 18.5 Å². The van der Waals surface area contributed by atoms with E-state index in [1.54, 1.807) is 0 Å². The molecule has 0 aromatic heterocycles. The van der Waals surface area contributed by atoms with Gasteiger partial charge in [0, 0.05) is 12.5 Å². The van der Waals surface area contributed by atoms with Crippen LogP contribution in [-0.2, 0) is 38.4 Å². The lowest BCUT2D eigenvalue weighted by molar-refractivity contribution is -0.191. The lowest BCUT2D eigenvalue weighted by atomic mass is 9.46. The Kier molecular flexibility index (Phi) is 11.6. The highest BCUT2D eigenvalue weighted by Gasteiger charge is 2.60. The summed E-state index contributed by atoms with van der Waals surface area (Å²) in [6, 6.07) is -1.60. The van der Waals surface area contributed by atoms with Gasteiger partial charge in [-0.15, -0.1) is 0 Å². The van der Waals surface area contributed by atoms with E-state index in [0.717, 1.165) is 32.1 Å². The van der Waals surface area contributed by atoms with Crippen LogP contribution in [0.5, 0.6) is 0 Å². The highest BCUT2D eigenvalue weighted by molar-refractivity contribution is 5.92. The lowest BCUT2D eigenvalue weighted by Gasteiger charge is -2.61. The molecule has 0 spiro atoms. The third kappa shape index (κ3) is 9.38. The summed E-state index contributed by atoms with van der Waals surface area (Å²) in [7, 11) is 0. The predicted octanol–water partition coefficient (Wildman–Crippen LogP) is -1.37. The molecule has 7 N–H and O–H groups in total. The Bertz CT molecular complexity index is 1060. The maximum absolute atomic E-state index is 13.4. The van der Waals surface area contributed by atoms with Crippen LogP contribution in [0.1, 0.15) is 72.6 Å². The van der Waals surface area contributed by atoms with Gasteiger partial charge in [-0.1, -0.05) is 13.8 Å². The van der Waals surface area contributed by atoms with E-state index in [1.165, 1.54) is 13.8 Å². The number of rotatable bonds is 12. The quantitative estimate of drug-likeness (QED) is 0.162. The van der Waals surface area contributed by atoms with E-state index < -0.39 is 40.8 Å². The summed E-state index contributed by atoms with van der Waals surface area (Å²) in [5.41, 5.74) is 4.77. The van der Waals surface area contributed by atoms with Crippen molar-refractivity contribution in [1.82, 2.24) is 26.6 Å². The summed E-state index contributed by atoms with van der Waals surface area (Å²) in [5.74, 6) is -1.75. The minimum Gasteiger partial charge on any atom is -0.369 e. The van der Waals surface area contributed by atoms with Crippen LogP contribution >= 0.6 is 0 Å². The molecule has 0 aliphatic heterocycles. The van der Waals surface area contributed by atoms with Crippen LogP contribution in [0.15, 0.2) is 0 Å². The standard InChI is InChI=1S/C26H42N6O6.CO2/c1-14(2)5-19(31-21(35)12-28-20(34)11-29-22(36)15(3)30-16(4)33)23(37)32-26-9-17-6-18(10-26)8-25(7-17,13-26)24(27)38;2-1-3/h14-15,17-19H,5-13H2,1-4H3,(H2,27,38)(H,28,34)(H,29,36)(H,30,33)(H,31,35)(H,32,37);/t15-,17-,18?,19-,25?,26?;/m0./s1. The summed E-state index contributed by atoms with van der Waals surface area (Å²) >= 11 is 0. The Labute approximate surface area is 239 Å². The first-order valence-corrected chi connectivity index (χ1v) is 13.9. The van der Waals surface area contributed by atoms with Crippen LogP contribution in [0.3, 0.4) is 0 Å². The molecular weight excluding hydrogens is 536 g/mol. The molecule has 3 unspecified atom stereocenters. The van der Waals surface area contributed by atoms with Gasteiger partial charge < -0.3 is 32.3 Å². The second-order valence-corrected chi connectivity index (χ2v) is 12.1. The van der Waals surface area contributed by atoms with Crippen molar-refractivity contribution in [1.29, 1.82) is 0 Å². The second-order valence-electron chi connectivity index (χ2n) is 12.1. The molecule has 6 atom stereocenters. The van der Waals surface area contributed by atoms with Crippen molar-refractivity contribution < 1.29 is 38.4 Å². The molecule has 228 valence electrons. The van der Waals surface area contributed by atoms with E-state index in [9.17, 15) is 28.8 Å². The van der Waals surface area contributed by atoms with Gasteiger partial charge in [0.1, 0.15) is 12.1 Å². The van der Waals surface area contributed by atoms with Crippen molar-refractivity contribution in [3.05, 3.63) is 0 Å². The molecule has 4 aliphatic carbocycles. The SMILES string of the molecule is CC(=O)N[C@@H](C)C(=O)NCC(=O)NCC(=O)N[C@@H](CC(C)C)C(=O)NC12CC3C[C@H](C1)CC(C(N)=O)(C3)C2.O=C=O. The van der Waals surface area contributed by atoms with E-state index in [0.29, 0.717) is 24.7 Å². The molecular formula is C27H42N6O8. The molecule has 4 aliphatic rings. The summed E-state index contributed by atoms with van der Waals surface area (Å²) in [6.45, 7) is 5.94. The predicted molar refractivity (Wildman–Crippen MR) is 143 cm³/mol. The second kappa shape index (κ2) is 14.2. The van der Waals surface area contributed by atoms with Crippen LogP contribution in [0.25, 0.3) is 0 Å². The number of nitrogens with two attached hydrogens (primary N) is 1. The average Bonchev–Trinajstić information content (AvgIpc) is 2.84. The number of hydrogen-bond acceptors (Lipinski definition) is 8. The maximum atomic E-state index is 13.4. The van der Waals surface area contributed by atoms with Gasteiger partial charge in [-0.05, 0) is 69.6 Å². The van der Waals surface area contributed by atoms with Crippen LogP contribution < -0.4 is 32.3 Å². The van der Waals surface area contributed by atoms with Gasteiger partial charge in [-0.2, -0.15) is 9.59 Å². The third-order valence-corrected chi connectivity index (χ3v) is 8.01. The number of nitrogens with one attached hydrogen (secondary N) is 5. The van der Waals surface area contributed by atoms with Gasteiger partial charge in [-0.25, -0.2) is 0 Å². The minimum atomic E-state index is -0.800. The van der Waals surface area contributed by atoms with Crippen molar-refractivity contribution in [3.63, 3.8) is 0 Å². The highest BCUT2D eigenvalue weighted by Crippen LogP contribution is 2.61. The molecule has 4 bridgehead atoms. The molecule has 0 heterocycles. The molecule has 4 fully saturated rings. The summed E-state index contributed by atoms with van der Waals surface area (Å²) in [5, 5.41) is 13.2. The Morgan fingerprint density at radius 1 is 0.854 bits per heavy atom. The average molecular weight is 579 g/mol. The zero-order valence-corrected chi connectivity index (χ0v) is 24.1. The first-order chi connectivity index (χ1) is 19.1. The smallest absolute Gasteiger partial charge is 0.369 e. The Morgan fingerprint density at radius 3 is 1.93 bits per heavy atom. The number of primary amides is 1. The van der Waals surface area contributed by atoms with Gasteiger partial charge in [0.15, 0.2) is 0 Å². The molecule has 0 aromatic rings. The zero-order valence-electron chi connectivity index (χ0n) is 24.1. The molecule has 0 radical (unpaired) electrons.